The number of nitrogens with zero attached hydrogens (tertiary/aromatic N) is 7. The van der Waals surface area contributed by atoms with Gasteiger partial charge in [0.05, 0.1) is 39.1 Å². The number of fused-ring (bicyclic) bond motifs is 2. The Bertz CT molecular complexity index is 1570. The molecule has 0 spiro atoms. The number of pyridine rings is 1. The van der Waals surface area contributed by atoms with Gasteiger partial charge in [0.15, 0.2) is 5.65 Å². The zero-order chi connectivity index (χ0) is 24.1. The van der Waals surface area contributed by atoms with Crippen LogP contribution in [0.15, 0.2) is 30.3 Å². The minimum atomic E-state index is -0.239. The van der Waals surface area contributed by atoms with Crippen molar-refractivity contribution in [3.05, 3.63) is 53.0 Å². The molecule has 1 aromatic carbocycles. The van der Waals surface area contributed by atoms with Gasteiger partial charge in [-0.1, -0.05) is 19.1 Å². The first-order chi connectivity index (χ1) is 16.3. The number of aryl methyl sites for hydroxylation is 5. The average Bonchev–Trinajstić information content (AvgIpc) is 3.38. The summed E-state index contributed by atoms with van der Waals surface area (Å²) < 4.78 is 5.61. The van der Waals surface area contributed by atoms with E-state index in [4.69, 9.17) is 9.97 Å². The fourth-order valence-electron chi connectivity index (χ4n) is 4.69. The number of anilines is 1. The van der Waals surface area contributed by atoms with Crippen LogP contribution in [0.1, 0.15) is 40.8 Å². The lowest BCUT2D eigenvalue weighted by Crippen LogP contribution is -2.17. The van der Waals surface area contributed by atoms with Crippen molar-refractivity contribution in [3.63, 3.8) is 0 Å². The summed E-state index contributed by atoms with van der Waals surface area (Å²) >= 11 is 0. The third-order valence-electron chi connectivity index (χ3n) is 6.31. The van der Waals surface area contributed by atoms with Crippen molar-refractivity contribution in [1.29, 1.82) is 0 Å². The Morgan fingerprint density at radius 2 is 1.74 bits per heavy atom. The van der Waals surface area contributed by atoms with Crippen LogP contribution in [-0.2, 0) is 20.6 Å². The zero-order valence-corrected chi connectivity index (χ0v) is 20.3. The highest BCUT2D eigenvalue weighted by molar-refractivity contribution is 6.13. The van der Waals surface area contributed by atoms with Gasteiger partial charge in [0.1, 0.15) is 0 Å². The molecule has 0 fully saturated rings. The van der Waals surface area contributed by atoms with Gasteiger partial charge in [0, 0.05) is 31.9 Å². The minimum Gasteiger partial charge on any atom is -0.310 e. The number of hydrogen-bond acceptors (Lipinski definition) is 5. The topological polar surface area (TPSA) is 95.5 Å². The molecule has 4 aromatic heterocycles. The number of hydrogen-bond donors (Lipinski definition) is 1. The molecule has 0 saturated carbocycles. The van der Waals surface area contributed by atoms with E-state index in [0.717, 1.165) is 52.0 Å². The third-order valence-corrected chi connectivity index (χ3v) is 6.31. The average molecular weight is 457 g/mol. The Balaban J connectivity index is 1.67. The standard InChI is InChI=1S/C25H28N8O/c1-7-12-33-20-11-9-8-10-18(20)27-25(33)28-24(34)17-13-19(21-14(2)29-31(5)16(21)4)26-23-22(17)15(3)30-32(23)6/h8-11,13H,7,12H2,1-6H3,(H,27,28,34). The van der Waals surface area contributed by atoms with Crippen LogP contribution in [0.4, 0.5) is 5.95 Å². The quantitative estimate of drug-likeness (QED) is 0.425. The zero-order valence-electron chi connectivity index (χ0n) is 20.3. The second-order valence-corrected chi connectivity index (χ2v) is 8.66. The number of carbonyl (C=O) groups is 1. The van der Waals surface area contributed by atoms with Gasteiger partial charge in [-0.2, -0.15) is 10.2 Å². The molecule has 5 rings (SSSR count). The van der Waals surface area contributed by atoms with Gasteiger partial charge >= 0.3 is 0 Å². The van der Waals surface area contributed by atoms with Crippen molar-refractivity contribution in [1.82, 2.24) is 34.1 Å². The van der Waals surface area contributed by atoms with Crippen LogP contribution >= 0.6 is 0 Å². The Morgan fingerprint density at radius 1 is 1.00 bits per heavy atom. The molecule has 0 aliphatic rings. The van der Waals surface area contributed by atoms with E-state index in [0.29, 0.717) is 22.9 Å². The summed E-state index contributed by atoms with van der Waals surface area (Å²) in [6.07, 6.45) is 0.925. The summed E-state index contributed by atoms with van der Waals surface area (Å²) in [5.41, 5.74) is 7.25. The van der Waals surface area contributed by atoms with Crippen molar-refractivity contribution in [3.8, 4) is 11.3 Å². The van der Waals surface area contributed by atoms with Gasteiger partial charge in [-0.3, -0.25) is 19.5 Å². The van der Waals surface area contributed by atoms with Crippen LogP contribution in [-0.4, -0.2) is 40.0 Å². The Hall–Kier alpha value is -4.01. The predicted molar refractivity (Wildman–Crippen MR) is 133 cm³/mol. The summed E-state index contributed by atoms with van der Waals surface area (Å²) in [5, 5.41) is 12.9. The molecule has 34 heavy (non-hydrogen) atoms. The predicted octanol–water partition coefficient (Wildman–Crippen LogP) is 4.31. The number of carbonyl (C=O) groups excluding carboxylic acids is 1. The molecule has 0 radical (unpaired) electrons. The molecule has 9 heteroatoms. The van der Waals surface area contributed by atoms with Gasteiger partial charge in [-0.05, 0) is 45.4 Å². The molecule has 0 bridgehead atoms. The molecule has 5 aromatic rings. The summed E-state index contributed by atoms with van der Waals surface area (Å²) in [6.45, 7) is 8.72. The number of rotatable bonds is 5. The van der Waals surface area contributed by atoms with Gasteiger partial charge in [-0.15, -0.1) is 0 Å². The molecule has 4 heterocycles. The molecule has 9 nitrogen and oxygen atoms in total. The summed E-state index contributed by atoms with van der Waals surface area (Å²) in [4.78, 5) is 23.3. The van der Waals surface area contributed by atoms with Gasteiger partial charge in [0.25, 0.3) is 5.91 Å². The second-order valence-electron chi connectivity index (χ2n) is 8.66. The summed E-state index contributed by atoms with van der Waals surface area (Å²) in [7, 11) is 3.75. The lowest BCUT2D eigenvalue weighted by molar-refractivity contribution is 0.102. The highest BCUT2D eigenvalue weighted by Crippen LogP contribution is 2.31. The second kappa shape index (κ2) is 8.09. The lowest BCUT2D eigenvalue weighted by atomic mass is 10.0. The fraction of sp³-hybridized carbons (Fsp3) is 0.320. The number of amides is 1. The van der Waals surface area contributed by atoms with Crippen molar-refractivity contribution in [2.24, 2.45) is 14.1 Å². The van der Waals surface area contributed by atoms with Crippen molar-refractivity contribution in [2.45, 2.75) is 40.7 Å². The fourth-order valence-corrected chi connectivity index (χ4v) is 4.69. The van der Waals surface area contributed by atoms with Gasteiger partial charge in [0.2, 0.25) is 5.95 Å². The molecular weight excluding hydrogens is 428 g/mol. The van der Waals surface area contributed by atoms with Gasteiger partial charge in [-0.25, -0.2) is 9.97 Å². The maximum atomic E-state index is 13.7. The van der Waals surface area contributed by atoms with E-state index in [-0.39, 0.29) is 5.91 Å². The molecule has 1 N–H and O–H groups in total. The van der Waals surface area contributed by atoms with Crippen LogP contribution < -0.4 is 5.32 Å². The maximum absolute atomic E-state index is 13.7. The van der Waals surface area contributed by atoms with Crippen LogP contribution in [0.3, 0.4) is 0 Å². The van der Waals surface area contributed by atoms with Crippen molar-refractivity contribution in [2.75, 3.05) is 5.32 Å². The third kappa shape index (κ3) is 3.35. The molecule has 1 amide bonds. The molecule has 0 atom stereocenters. The van der Waals surface area contributed by atoms with Crippen LogP contribution in [0, 0.1) is 20.8 Å². The first-order valence-corrected chi connectivity index (χ1v) is 11.4. The molecular formula is C25H28N8O. The van der Waals surface area contributed by atoms with E-state index >= 15 is 0 Å². The maximum Gasteiger partial charge on any atom is 0.258 e. The lowest BCUT2D eigenvalue weighted by Gasteiger charge is -2.11. The van der Waals surface area contributed by atoms with E-state index in [1.807, 2.05) is 69.9 Å². The van der Waals surface area contributed by atoms with E-state index in [1.54, 1.807) is 4.68 Å². The largest absolute Gasteiger partial charge is 0.310 e. The molecule has 0 aliphatic carbocycles. The van der Waals surface area contributed by atoms with Crippen molar-refractivity contribution >= 4 is 33.9 Å². The van der Waals surface area contributed by atoms with Crippen molar-refractivity contribution < 1.29 is 4.79 Å². The Morgan fingerprint density at radius 3 is 2.44 bits per heavy atom. The number of nitrogens with one attached hydrogen (secondary N) is 1. The molecule has 174 valence electrons. The first kappa shape index (κ1) is 21.8. The number of imidazole rings is 1. The SMILES string of the molecule is CCCn1c(NC(=O)c2cc(-c3c(C)nn(C)c3C)nc3c2c(C)nn3C)nc2ccccc21. The number of para-hydroxylation sites is 2. The molecule has 0 unspecified atom stereocenters. The van der Waals surface area contributed by atoms with Gasteiger partial charge < -0.3 is 4.57 Å². The Labute approximate surface area is 197 Å². The molecule has 0 saturated heterocycles. The van der Waals surface area contributed by atoms with E-state index < -0.39 is 0 Å². The summed E-state index contributed by atoms with van der Waals surface area (Å²) in [5.74, 6) is 0.298. The highest BCUT2D eigenvalue weighted by atomic mass is 16.1. The van der Waals surface area contributed by atoms with Crippen LogP contribution in [0.25, 0.3) is 33.3 Å². The highest BCUT2D eigenvalue weighted by Gasteiger charge is 2.23. The van der Waals surface area contributed by atoms with E-state index in [9.17, 15) is 4.79 Å². The monoisotopic (exact) mass is 456 g/mol. The normalized spacial score (nSPS) is 11.6. The van der Waals surface area contributed by atoms with E-state index in [1.165, 1.54) is 0 Å². The van der Waals surface area contributed by atoms with E-state index in [2.05, 4.69) is 27.0 Å². The minimum absolute atomic E-state index is 0.239. The Kier molecular flexibility index (Phi) is 5.19. The number of benzene rings is 1. The molecule has 0 aliphatic heterocycles. The number of aromatic nitrogens is 7. The van der Waals surface area contributed by atoms with Crippen LogP contribution in [0.2, 0.25) is 0 Å². The first-order valence-electron chi connectivity index (χ1n) is 11.4. The summed E-state index contributed by atoms with van der Waals surface area (Å²) in [6, 6.07) is 9.76. The van der Waals surface area contributed by atoms with Crippen LogP contribution in [0.5, 0.6) is 0 Å². The smallest absolute Gasteiger partial charge is 0.258 e.